The molecule has 1 atom stereocenters. The van der Waals surface area contributed by atoms with Crippen LogP contribution in [0.4, 0.5) is 15.8 Å². The van der Waals surface area contributed by atoms with Gasteiger partial charge in [0.1, 0.15) is 5.82 Å². The fraction of sp³-hybridized carbons (Fsp3) is 0.462. The Hall–Kier alpha value is -1.82. The number of nitrogens with zero attached hydrogens (tertiary/aromatic N) is 1. The number of hydrogen-bond donors (Lipinski definition) is 2. The van der Waals surface area contributed by atoms with E-state index in [9.17, 15) is 14.3 Å². The minimum absolute atomic E-state index is 0.0408. The van der Waals surface area contributed by atoms with Crippen molar-refractivity contribution in [2.75, 3.05) is 30.8 Å². The molecule has 0 bridgehead atoms. The number of halogens is 1. The third kappa shape index (κ3) is 2.63. The molecule has 0 spiro atoms. The minimum Gasteiger partial charge on any atom is -0.465 e. The maximum atomic E-state index is 13.9. The Morgan fingerprint density at radius 2 is 2.26 bits per heavy atom. The molecular formula is C13H17FN2O3. The molecule has 5 nitrogen and oxygen atoms in total. The van der Waals surface area contributed by atoms with Crippen LogP contribution in [0.15, 0.2) is 12.1 Å². The van der Waals surface area contributed by atoms with Crippen LogP contribution in [-0.4, -0.2) is 36.9 Å². The van der Waals surface area contributed by atoms with E-state index >= 15 is 0 Å². The molecule has 2 rings (SSSR count). The van der Waals surface area contributed by atoms with Crippen molar-refractivity contribution >= 4 is 17.3 Å². The Morgan fingerprint density at radius 1 is 1.58 bits per heavy atom. The molecule has 3 N–H and O–H groups in total. The van der Waals surface area contributed by atoms with E-state index < -0.39 is 17.4 Å². The SMILES string of the molecule is COC(=O)c1cc(N2CCC(C)(O)C2)c(F)cc1N. The zero-order valence-corrected chi connectivity index (χ0v) is 10.9. The largest absolute Gasteiger partial charge is 0.465 e. The van der Waals surface area contributed by atoms with E-state index in [1.54, 1.807) is 11.8 Å². The molecule has 1 fully saturated rings. The summed E-state index contributed by atoms with van der Waals surface area (Å²) in [6.07, 6.45) is 0.546. The first kappa shape index (κ1) is 13.6. The van der Waals surface area contributed by atoms with Gasteiger partial charge in [-0.2, -0.15) is 0 Å². The quantitative estimate of drug-likeness (QED) is 0.621. The second kappa shape index (κ2) is 4.70. The van der Waals surface area contributed by atoms with Gasteiger partial charge in [-0.3, -0.25) is 0 Å². The summed E-state index contributed by atoms with van der Waals surface area (Å²) in [6.45, 7) is 2.53. The Morgan fingerprint density at radius 3 is 2.79 bits per heavy atom. The number of aliphatic hydroxyl groups is 1. The number of nitrogen functional groups attached to an aromatic ring is 1. The van der Waals surface area contributed by atoms with Gasteiger partial charge in [-0.05, 0) is 25.5 Å². The summed E-state index contributed by atoms with van der Waals surface area (Å²) in [5.41, 5.74) is 5.19. The van der Waals surface area contributed by atoms with Crippen LogP contribution in [-0.2, 0) is 4.74 Å². The number of esters is 1. The highest BCUT2D eigenvalue weighted by molar-refractivity contribution is 5.96. The lowest BCUT2D eigenvalue weighted by molar-refractivity contribution is 0.0602. The first-order valence-electron chi connectivity index (χ1n) is 5.99. The second-order valence-corrected chi connectivity index (χ2v) is 5.05. The van der Waals surface area contributed by atoms with Gasteiger partial charge in [-0.15, -0.1) is 0 Å². The van der Waals surface area contributed by atoms with E-state index in [0.29, 0.717) is 19.5 Å². The van der Waals surface area contributed by atoms with Gasteiger partial charge >= 0.3 is 5.97 Å². The fourth-order valence-corrected chi connectivity index (χ4v) is 2.26. The second-order valence-electron chi connectivity index (χ2n) is 5.05. The van der Waals surface area contributed by atoms with Gasteiger partial charge < -0.3 is 20.5 Å². The zero-order valence-electron chi connectivity index (χ0n) is 10.9. The molecule has 0 saturated carbocycles. The number of hydrogen-bond acceptors (Lipinski definition) is 5. The maximum Gasteiger partial charge on any atom is 0.340 e. The average molecular weight is 268 g/mol. The van der Waals surface area contributed by atoms with E-state index in [0.717, 1.165) is 6.07 Å². The summed E-state index contributed by atoms with van der Waals surface area (Å²) in [7, 11) is 1.24. The molecule has 6 heteroatoms. The summed E-state index contributed by atoms with van der Waals surface area (Å²) >= 11 is 0. The Kier molecular flexibility index (Phi) is 3.36. The molecule has 1 aliphatic rings. The molecule has 1 saturated heterocycles. The van der Waals surface area contributed by atoms with E-state index in [2.05, 4.69) is 4.74 Å². The Labute approximate surface area is 110 Å². The fourth-order valence-electron chi connectivity index (χ4n) is 2.26. The molecule has 19 heavy (non-hydrogen) atoms. The Balaban J connectivity index is 2.38. The summed E-state index contributed by atoms with van der Waals surface area (Å²) in [6, 6.07) is 2.48. The predicted octanol–water partition coefficient (Wildman–Crippen LogP) is 1.16. The van der Waals surface area contributed by atoms with Crippen molar-refractivity contribution in [1.29, 1.82) is 0 Å². The monoisotopic (exact) mass is 268 g/mol. The van der Waals surface area contributed by atoms with E-state index in [-0.39, 0.29) is 16.9 Å². The normalized spacial score (nSPS) is 22.6. The van der Waals surface area contributed by atoms with Gasteiger partial charge in [0.15, 0.2) is 0 Å². The highest BCUT2D eigenvalue weighted by Crippen LogP contribution is 2.31. The van der Waals surface area contributed by atoms with Crippen molar-refractivity contribution in [2.24, 2.45) is 0 Å². The van der Waals surface area contributed by atoms with Gasteiger partial charge in [-0.25, -0.2) is 9.18 Å². The lowest BCUT2D eigenvalue weighted by Crippen LogP contribution is -2.30. The highest BCUT2D eigenvalue weighted by atomic mass is 19.1. The number of rotatable bonds is 2. The van der Waals surface area contributed by atoms with Gasteiger partial charge in [0.05, 0.1) is 24.0 Å². The van der Waals surface area contributed by atoms with Crippen molar-refractivity contribution in [3.8, 4) is 0 Å². The van der Waals surface area contributed by atoms with Crippen LogP contribution >= 0.6 is 0 Å². The predicted molar refractivity (Wildman–Crippen MR) is 69.6 cm³/mol. The van der Waals surface area contributed by atoms with Crippen LogP contribution in [0.3, 0.4) is 0 Å². The Bertz CT molecular complexity index is 517. The first-order chi connectivity index (χ1) is 8.84. The summed E-state index contributed by atoms with van der Waals surface area (Å²) in [5, 5.41) is 9.92. The molecule has 0 amide bonds. The van der Waals surface area contributed by atoms with Crippen LogP contribution in [0, 0.1) is 5.82 Å². The van der Waals surface area contributed by atoms with Crippen LogP contribution in [0.5, 0.6) is 0 Å². The van der Waals surface area contributed by atoms with Crippen molar-refractivity contribution in [3.05, 3.63) is 23.5 Å². The summed E-state index contributed by atoms with van der Waals surface area (Å²) in [4.78, 5) is 13.2. The van der Waals surface area contributed by atoms with Gasteiger partial charge in [0.2, 0.25) is 0 Å². The summed E-state index contributed by atoms with van der Waals surface area (Å²) < 4.78 is 18.6. The molecule has 0 aromatic heterocycles. The number of carbonyl (C=O) groups is 1. The number of ether oxygens (including phenoxy) is 1. The van der Waals surface area contributed by atoms with E-state index in [4.69, 9.17) is 5.73 Å². The molecule has 0 radical (unpaired) electrons. The number of nitrogens with two attached hydrogens (primary N) is 1. The topological polar surface area (TPSA) is 75.8 Å². The van der Waals surface area contributed by atoms with Crippen molar-refractivity contribution in [1.82, 2.24) is 0 Å². The van der Waals surface area contributed by atoms with Crippen LogP contribution < -0.4 is 10.6 Å². The average Bonchev–Trinajstić information content (AvgIpc) is 2.68. The lowest BCUT2D eigenvalue weighted by Gasteiger charge is -2.22. The zero-order chi connectivity index (χ0) is 14.2. The first-order valence-corrected chi connectivity index (χ1v) is 5.99. The molecular weight excluding hydrogens is 251 g/mol. The van der Waals surface area contributed by atoms with Crippen LogP contribution in [0.1, 0.15) is 23.7 Å². The van der Waals surface area contributed by atoms with E-state index in [1.807, 2.05) is 0 Å². The smallest absolute Gasteiger partial charge is 0.340 e. The van der Waals surface area contributed by atoms with E-state index in [1.165, 1.54) is 13.2 Å². The van der Waals surface area contributed by atoms with Crippen LogP contribution in [0.25, 0.3) is 0 Å². The van der Waals surface area contributed by atoms with Gasteiger partial charge in [0, 0.05) is 18.8 Å². The highest BCUT2D eigenvalue weighted by Gasteiger charge is 2.33. The third-order valence-corrected chi connectivity index (χ3v) is 3.32. The summed E-state index contributed by atoms with van der Waals surface area (Å²) in [5.74, 6) is -1.12. The third-order valence-electron chi connectivity index (χ3n) is 3.32. The van der Waals surface area contributed by atoms with Crippen LogP contribution in [0.2, 0.25) is 0 Å². The maximum absolute atomic E-state index is 13.9. The van der Waals surface area contributed by atoms with Gasteiger partial charge in [0.25, 0.3) is 0 Å². The number of carbonyl (C=O) groups excluding carboxylic acids is 1. The molecule has 1 aromatic rings. The molecule has 1 unspecified atom stereocenters. The standard InChI is InChI=1S/C13H17FN2O3/c1-13(18)3-4-16(7-13)11-5-8(12(17)19-2)10(15)6-9(11)14/h5-6,18H,3-4,7,15H2,1-2H3. The lowest BCUT2D eigenvalue weighted by atomic mass is 10.1. The van der Waals surface area contributed by atoms with Crippen molar-refractivity contribution in [2.45, 2.75) is 18.9 Å². The number of methoxy groups -OCH3 is 1. The molecule has 1 heterocycles. The molecule has 0 aliphatic carbocycles. The molecule has 1 aromatic carbocycles. The molecule has 1 aliphatic heterocycles. The van der Waals surface area contributed by atoms with Crippen molar-refractivity contribution in [3.63, 3.8) is 0 Å². The van der Waals surface area contributed by atoms with Crippen molar-refractivity contribution < 1.29 is 19.0 Å². The number of β-amino-alcohol motifs (C(OH)–C–C–N with tert-alkyl or cyclic N) is 1. The molecule has 104 valence electrons. The number of benzene rings is 1. The van der Waals surface area contributed by atoms with Gasteiger partial charge in [-0.1, -0.05) is 0 Å². The number of anilines is 2. The minimum atomic E-state index is -0.848.